The van der Waals surface area contributed by atoms with Crippen LogP contribution in [0.3, 0.4) is 0 Å². The predicted octanol–water partition coefficient (Wildman–Crippen LogP) is 3.73. The molecule has 1 aromatic carbocycles. The summed E-state index contributed by atoms with van der Waals surface area (Å²) in [6, 6.07) is 5.63. The summed E-state index contributed by atoms with van der Waals surface area (Å²) in [4.78, 5) is 0. The van der Waals surface area contributed by atoms with Crippen molar-refractivity contribution in [3.05, 3.63) is 39.3 Å². The molecule has 2 aromatic rings. The molecular formula is C10H7Cl3N2O2. The van der Waals surface area contributed by atoms with Crippen molar-refractivity contribution >= 4 is 40.5 Å². The van der Waals surface area contributed by atoms with E-state index >= 15 is 0 Å². The quantitative estimate of drug-likeness (QED) is 0.790. The Hall–Kier alpha value is -1.23. The highest BCUT2D eigenvalue weighted by Crippen LogP contribution is 2.35. The van der Waals surface area contributed by atoms with Crippen LogP contribution in [0, 0.1) is 0 Å². The lowest BCUT2D eigenvalue weighted by Crippen LogP contribution is -2.08. The summed E-state index contributed by atoms with van der Waals surface area (Å²) in [7, 11) is 0. The SMILES string of the molecule is Oc1ccc(O)n1Nc1c(Cl)cc(Cl)cc1Cl. The van der Waals surface area contributed by atoms with Gasteiger partial charge in [-0.3, -0.25) is 5.43 Å². The number of aromatic nitrogens is 1. The molecule has 0 saturated carbocycles. The van der Waals surface area contributed by atoms with Crippen molar-refractivity contribution in [2.45, 2.75) is 0 Å². The third-order valence-corrected chi connectivity index (χ3v) is 2.88. The minimum absolute atomic E-state index is 0.176. The van der Waals surface area contributed by atoms with E-state index in [1.165, 1.54) is 24.3 Å². The molecule has 0 radical (unpaired) electrons. The van der Waals surface area contributed by atoms with Crippen LogP contribution in [0.2, 0.25) is 15.1 Å². The van der Waals surface area contributed by atoms with Crippen LogP contribution in [0.25, 0.3) is 0 Å². The van der Waals surface area contributed by atoms with Crippen LogP contribution in [-0.4, -0.2) is 14.9 Å². The maximum absolute atomic E-state index is 9.46. The van der Waals surface area contributed by atoms with E-state index in [2.05, 4.69) is 5.43 Å². The van der Waals surface area contributed by atoms with Crippen molar-refractivity contribution in [1.82, 2.24) is 4.68 Å². The molecule has 17 heavy (non-hydrogen) atoms. The molecule has 0 atom stereocenters. The van der Waals surface area contributed by atoms with Gasteiger partial charge in [-0.2, -0.15) is 4.68 Å². The molecule has 1 heterocycles. The monoisotopic (exact) mass is 292 g/mol. The molecular weight excluding hydrogens is 286 g/mol. The minimum Gasteiger partial charge on any atom is -0.493 e. The van der Waals surface area contributed by atoms with Gasteiger partial charge >= 0.3 is 0 Å². The van der Waals surface area contributed by atoms with E-state index in [0.29, 0.717) is 10.7 Å². The molecule has 90 valence electrons. The molecule has 0 aliphatic carbocycles. The third kappa shape index (κ3) is 2.39. The Kier molecular flexibility index (Phi) is 3.28. The highest BCUT2D eigenvalue weighted by Gasteiger charge is 2.11. The predicted molar refractivity (Wildman–Crippen MR) is 68.3 cm³/mol. The Morgan fingerprint density at radius 3 is 1.88 bits per heavy atom. The van der Waals surface area contributed by atoms with E-state index in [1.54, 1.807) is 0 Å². The number of nitrogens with one attached hydrogen (secondary N) is 1. The first-order valence-electron chi connectivity index (χ1n) is 4.50. The molecule has 0 spiro atoms. The van der Waals surface area contributed by atoms with E-state index < -0.39 is 0 Å². The number of hydrogen-bond acceptors (Lipinski definition) is 3. The number of anilines is 1. The van der Waals surface area contributed by atoms with Crippen LogP contribution >= 0.6 is 34.8 Å². The largest absolute Gasteiger partial charge is 0.493 e. The van der Waals surface area contributed by atoms with Gasteiger partial charge in [-0.1, -0.05) is 34.8 Å². The number of benzene rings is 1. The molecule has 0 unspecified atom stereocenters. The fourth-order valence-electron chi connectivity index (χ4n) is 1.29. The van der Waals surface area contributed by atoms with Crippen LogP contribution in [0.4, 0.5) is 5.69 Å². The van der Waals surface area contributed by atoms with E-state index in [0.717, 1.165) is 4.68 Å². The molecule has 0 aliphatic heterocycles. The fraction of sp³-hybridized carbons (Fsp3) is 0. The number of aromatic hydroxyl groups is 2. The summed E-state index contributed by atoms with van der Waals surface area (Å²) in [5, 5.41) is 19.9. The van der Waals surface area contributed by atoms with Gasteiger partial charge in [-0.25, -0.2) is 0 Å². The van der Waals surface area contributed by atoms with Gasteiger partial charge in [0.05, 0.1) is 15.7 Å². The maximum atomic E-state index is 9.46. The second-order valence-corrected chi connectivity index (χ2v) is 4.49. The topological polar surface area (TPSA) is 57.4 Å². The fourth-order valence-corrected chi connectivity index (χ4v) is 2.19. The normalized spacial score (nSPS) is 10.5. The van der Waals surface area contributed by atoms with E-state index in [-0.39, 0.29) is 21.8 Å². The van der Waals surface area contributed by atoms with Crippen molar-refractivity contribution in [2.75, 3.05) is 5.43 Å². The molecule has 0 aliphatic rings. The van der Waals surface area contributed by atoms with Crippen LogP contribution < -0.4 is 5.43 Å². The summed E-state index contributed by atoms with van der Waals surface area (Å²) in [5.41, 5.74) is 3.01. The minimum atomic E-state index is -0.176. The zero-order valence-electron chi connectivity index (χ0n) is 8.28. The van der Waals surface area contributed by atoms with Gasteiger partial charge < -0.3 is 10.2 Å². The van der Waals surface area contributed by atoms with Crippen molar-refractivity contribution < 1.29 is 10.2 Å². The van der Waals surface area contributed by atoms with E-state index in [1.807, 2.05) is 0 Å². The molecule has 0 amide bonds. The number of nitrogens with zero attached hydrogens (tertiary/aromatic N) is 1. The first kappa shape index (κ1) is 12.2. The Balaban J connectivity index is 2.43. The van der Waals surface area contributed by atoms with Crippen LogP contribution in [-0.2, 0) is 0 Å². The molecule has 4 nitrogen and oxygen atoms in total. The van der Waals surface area contributed by atoms with Gasteiger partial charge in [-0.15, -0.1) is 0 Å². The number of halogens is 3. The number of hydrogen-bond donors (Lipinski definition) is 3. The second-order valence-electron chi connectivity index (χ2n) is 3.24. The average Bonchev–Trinajstić information content (AvgIpc) is 2.53. The molecule has 2 rings (SSSR count). The lowest BCUT2D eigenvalue weighted by Gasteiger charge is -2.13. The molecule has 0 fully saturated rings. The summed E-state index contributed by atoms with van der Waals surface area (Å²) in [5.74, 6) is -0.353. The summed E-state index contributed by atoms with van der Waals surface area (Å²) in [6.07, 6.45) is 0. The zero-order chi connectivity index (χ0) is 12.6. The third-order valence-electron chi connectivity index (χ3n) is 2.07. The Morgan fingerprint density at radius 1 is 0.941 bits per heavy atom. The number of rotatable bonds is 2. The van der Waals surface area contributed by atoms with Gasteiger partial charge in [-0.05, 0) is 12.1 Å². The lowest BCUT2D eigenvalue weighted by molar-refractivity contribution is 0.393. The molecule has 7 heteroatoms. The highest BCUT2D eigenvalue weighted by atomic mass is 35.5. The van der Waals surface area contributed by atoms with E-state index in [4.69, 9.17) is 34.8 Å². The van der Waals surface area contributed by atoms with E-state index in [9.17, 15) is 10.2 Å². The zero-order valence-corrected chi connectivity index (χ0v) is 10.6. The molecule has 0 bridgehead atoms. The van der Waals surface area contributed by atoms with Crippen molar-refractivity contribution in [2.24, 2.45) is 0 Å². The summed E-state index contributed by atoms with van der Waals surface area (Å²) in [6.45, 7) is 0. The smallest absolute Gasteiger partial charge is 0.213 e. The standard InChI is InChI=1S/C10H7Cl3N2O2/c11-5-3-6(12)10(7(13)4-5)14-15-8(16)1-2-9(15)17/h1-4,14,16-17H. The summed E-state index contributed by atoms with van der Waals surface area (Å²) >= 11 is 17.7. The van der Waals surface area contributed by atoms with Crippen LogP contribution in [0.1, 0.15) is 0 Å². The molecule has 3 N–H and O–H groups in total. The van der Waals surface area contributed by atoms with Crippen LogP contribution in [0.5, 0.6) is 11.8 Å². The molecule has 1 aromatic heterocycles. The van der Waals surface area contributed by atoms with Gasteiger partial charge in [0.25, 0.3) is 0 Å². The Labute approximate surface area is 112 Å². The van der Waals surface area contributed by atoms with Crippen molar-refractivity contribution in [3.63, 3.8) is 0 Å². The highest BCUT2D eigenvalue weighted by molar-refractivity contribution is 6.41. The van der Waals surface area contributed by atoms with Crippen molar-refractivity contribution in [3.8, 4) is 11.8 Å². The second kappa shape index (κ2) is 4.56. The Bertz CT molecular complexity index is 526. The van der Waals surface area contributed by atoms with Crippen molar-refractivity contribution in [1.29, 1.82) is 0 Å². The van der Waals surface area contributed by atoms with Gasteiger partial charge in [0.15, 0.2) is 0 Å². The van der Waals surface area contributed by atoms with Gasteiger partial charge in [0, 0.05) is 17.2 Å². The maximum Gasteiger partial charge on any atom is 0.213 e. The first-order chi connectivity index (χ1) is 7.99. The average molecular weight is 294 g/mol. The van der Waals surface area contributed by atoms with Gasteiger partial charge in [0.2, 0.25) is 11.8 Å². The molecule has 0 saturated heterocycles. The summed E-state index contributed by atoms with van der Waals surface area (Å²) < 4.78 is 1.03. The van der Waals surface area contributed by atoms with Crippen LogP contribution in [0.15, 0.2) is 24.3 Å². The lowest BCUT2D eigenvalue weighted by atomic mass is 10.3. The van der Waals surface area contributed by atoms with Gasteiger partial charge in [0.1, 0.15) is 0 Å². The Morgan fingerprint density at radius 2 is 1.41 bits per heavy atom. The first-order valence-corrected chi connectivity index (χ1v) is 5.63.